The Balaban J connectivity index is 2.04. The minimum absolute atomic E-state index is 0.0509. The van der Waals surface area contributed by atoms with Crippen molar-refractivity contribution in [2.24, 2.45) is 5.73 Å². The molecular weight excluding hydrogens is 337 g/mol. The van der Waals surface area contributed by atoms with Gasteiger partial charge in [0.1, 0.15) is 10.8 Å². The van der Waals surface area contributed by atoms with Crippen LogP contribution in [0.2, 0.25) is 0 Å². The first kappa shape index (κ1) is 17.4. The number of thiophene rings is 1. The Bertz CT molecular complexity index is 806. The second kappa shape index (κ2) is 7.09. The van der Waals surface area contributed by atoms with Crippen molar-refractivity contribution < 1.29 is 23.5 Å². The van der Waals surface area contributed by atoms with E-state index in [2.05, 4.69) is 5.32 Å². The molecule has 1 aromatic carbocycles. The van der Waals surface area contributed by atoms with Crippen LogP contribution in [0.1, 0.15) is 27.6 Å². The number of rotatable bonds is 5. The van der Waals surface area contributed by atoms with Gasteiger partial charge in [0.15, 0.2) is 6.10 Å². The van der Waals surface area contributed by atoms with Crippen molar-refractivity contribution in [2.45, 2.75) is 13.0 Å². The molecule has 126 valence electrons. The van der Waals surface area contributed by atoms with Gasteiger partial charge in [-0.25, -0.2) is 9.18 Å². The zero-order valence-corrected chi connectivity index (χ0v) is 13.4. The maximum atomic E-state index is 13.0. The molecule has 24 heavy (non-hydrogen) atoms. The lowest BCUT2D eigenvalue weighted by Gasteiger charge is -2.14. The number of primary amides is 1. The van der Waals surface area contributed by atoms with E-state index in [4.69, 9.17) is 16.2 Å². The molecule has 1 heterocycles. The summed E-state index contributed by atoms with van der Waals surface area (Å²) in [5.41, 5.74) is 10.7. The Morgan fingerprint density at radius 2 is 1.96 bits per heavy atom. The van der Waals surface area contributed by atoms with Gasteiger partial charge >= 0.3 is 5.97 Å². The zero-order chi connectivity index (χ0) is 17.9. The molecule has 0 saturated carbocycles. The topological polar surface area (TPSA) is 125 Å². The number of hydrogen-bond acceptors (Lipinski definition) is 6. The molecule has 0 aliphatic carbocycles. The molecule has 1 aromatic heterocycles. The second-order valence-corrected chi connectivity index (χ2v) is 5.71. The van der Waals surface area contributed by atoms with Crippen molar-refractivity contribution in [1.29, 1.82) is 0 Å². The number of halogens is 1. The highest BCUT2D eigenvalue weighted by molar-refractivity contribution is 7.14. The monoisotopic (exact) mass is 351 g/mol. The van der Waals surface area contributed by atoms with Crippen LogP contribution >= 0.6 is 11.3 Å². The van der Waals surface area contributed by atoms with Gasteiger partial charge in [-0.05, 0) is 36.6 Å². The number of nitrogen functional groups attached to an aromatic ring is 1. The fraction of sp³-hybridized carbons (Fsp3) is 0.133. The van der Waals surface area contributed by atoms with Gasteiger partial charge in [0.05, 0.1) is 11.1 Å². The summed E-state index contributed by atoms with van der Waals surface area (Å²) in [6.45, 7) is 1.35. The summed E-state index contributed by atoms with van der Waals surface area (Å²) in [7, 11) is 0. The Kier molecular flexibility index (Phi) is 5.14. The van der Waals surface area contributed by atoms with E-state index >= 15 is 0 Å². The first-order chi connectivity index (χ1) is 11.3. The molecule has 0 radical (unpaired) electrons. The molecule has 0 fully saturated rings. The van der Waals surface area contributed by atoms with Crippen LogP contribution in [0.25, 0.3) is 0 Å². The van der Waals surface area contributed by atoms with Gasteiger partial charge in [-0.2, -0.15) is 0 Å². The van der Waals surface area contributed by atoms with Gasteiger partial charge < -0.3 is 21.5 Å². The van der Waals surface area contributed by atoms with Crippen LogP contribution in [0.15, 0.2) is 29.6 Å². The highest BCUT2D eigenvalue weighted by Gasteiger charge is 2.22. The van der Waals surface area contributed by atoms with Gasteiger partial charge in [0.2, 0.25) is 0 Å². The third-order valence-electron chi connectivity index (χ3n) is 3.05. The van der Waals surface area contributed by atoms with Crippen molar-refractivity contribution >= 4 is 39.8 Å². The molecule has 0 spiro atoms. The number of carbonyl (C=O) groups is 3. The minimum Gasteiger partial charge on any atom is -0.449 e. The van der Waals surface area contributed by atoms with E-state index in [0.29, 0.717) is 0 Å². The maximum absolute atomic E-state index is 13.0. The fourth-order valence-electron chi connectivity index (χ4n) is 1.81. The lowest BCUT2D eigenvalue weighted by Crippen LogP contribution is -2.30. The molecule has 7 nitrogen and oxygen atoms in total. The highest BCUT2D eigenvalue weighted by atomic mass is 32.1. The zero-order valence-electron chi connectivity index (χ0n) is 12.5. The van der Waals surface area contributed by atoms with Crippen LogP contribution < -0.4 is 16.8 Å². The first-order valence-electron chi connectivity index (χ1n) is 6.73. The molecule has 0 aliphatic rings. The number of esters is 1. The molecule has 2 amide bonds. The summed E-state index contributed by atoms with van der Waals surface area (Å²) in [5.74, 6) is -2.78. The second-order valence-electron chi connectivity index (χ2n) is 4.80. The van der Waals surface area contributed by atoms with Crippen molar-refractivity contribution in [3.8, 4) is 0 Å². The van der Waals surface area contributed by atoms with E-state index in [1.807, 2.05) is 0 Å². The molecule has 2 aromatic rings. The SMILES string of the molecule is C[C@@H](OC(=O)c1ccc(F)cc1N)C(=O)Nc1sccc1C(N)=O. The van der Waals surface area contributed by atoms with E-state index in [-0.39, 0.29) is 21.8 Å². The van der Waals surface area contributed by atoms with Gasteiger partial charge in [0.25, 0.3) is 11.8 Å². The van der Waals surface area contributed by atoms with Gasteiger partial charge in [-0.15, -0.1) is 11.3 Å². The number of benzene rings is 1. The minimum atomic E-state index is -1.16. The molecule has 0 aliphatic heterocycles. The van der Waals surface area contributed by atoms with E-state index in [1.54, 1.807) is 5.38 Å². The molecule has 0 unspecified atom stereocenters. The van der Waals surface area contributed by atoms with Gasteiger partial charge in [-0.1, -0.05) is 0 Å². The van der Waals surface area contributed by atoms with Crippen LogP contribution in [0.4, 0.5) is 15.1 Å². The van der Waals surface area contributed by atoms with Crippen LogP contribution in [-0.2, 0) is 9.53 Å². The molecule has 9 heteroatoms. The predicted octanol–water partition coefficient (Wildman–Crippen LogP) is 1.75. The van der Waals surface area contributed by atoms with E-state index in [9.17, 15) is 18.8 Å². The Labute approximate surface area is 140 Å². The number of amides is 2. The number of nitrogens with two attached hydrogens (primary N) is 2. The number of anilines is 2. The summed E-state index contributed by atoms with van der Waals surface area (Å²) in [4.78, 5) is 35.3. The molecule has 2 rings (SSSR count). The largest absolute Gasteiger partial charge is 0.449 e. The number of hydrogen-bond donors (Lipinski definition) is 3. The predicted molar refractivity (Wildman–Crippen MR) is 87.2 cm³/mol. The summed E-state index contributed by atoms with van der Waals surface area (Å²) in [6.07, 6.45) is -1.16. The maximum Gasteiger partial charge on any atom is 0.341 e. The quantitative estimate of drug-likeness (QED) is 0.559. The van der Waals surface area contributed by atoms with E-state index < -0.39 is 29.7 Å². The molecule has 5 N–H and O–H groups in total. The van der Waals surface area contributed by atoms with E-state index in [0.717, 1.165) is 23.5 Å². The standard InChI is InChI=1S/C15H14FN3O4S/c1-7(13(21)19-14-10(12(18)20)4-5-24-14)23-15(22)9-3-2-8(16)6-11(9)17/h2-7H,17H2,1H3,(H2,18,20)(H,19,21)/t7-/m1/s1. The molecule has 0 bridgehead atoms. The Morgan fingerprint density at radius 1 is 1.25 bits per heavy atom. The van der Waals surface area contributed by atoms with Crippen LogP contribution in [0, 0.1) is 5.82 Å². The number of ether oxygens (including phenoxy) is 1. The average Bonchev–Trinajstić information content (AvgIpc) is 2.95. The van der Waals surface area contributed by atoms with Crippen LogP contribution in [0.3, 0.4) is 0 Å². The fourth-order valence-corrected chi connectivity index (χ4v) is 2.61. The smallest absolute Gasteiger partial charge is 0.341 e. The van der Waals surface area contributed by atoms with Gasteiger partial charge in [-0.3, -0.25) is 9.59 Å². The summed E-state index contributed by atoms with van der Waals surface area (Å²) in [5, 5.41) is 4.31. The first-order valence-corrected chi connectivity index (χ1v) is 7.61. The highest BCUT2D eigenvalue weighted by Crippen LogP contribution is 2.23. The van der Waals surface area contributed by atoms with Crippen molar-refractivity contribution in [3.63, 3.8) is 0 Å². The normalized spacial score (nSPS) is 11.6. The molecular formula is C15H14FN3O4S. The van der Waals surface area contributed by atoms with Crippen molar-refractivity contribution in [2.75, 3.05) is 11.1 Å². The van der Waals surface area contributed by atoms with Crippen molar-refractivity contribution in [3.05, 3.63) is 46.6 Å². The number of nitrogens with one attached hydrogen (secondary N) is 1. The third-order valence-corrected chi connectivity index (χ3v) is 3.88. The van der Waals surface area contributed by atoms with Crippen molar-refractivity contribution in [1.82, 2.24) is 0 Å². The Morgan fingerprint density at radius 3 is 2.58 bits per heavy atom. The summed E-state index contributed by atoms with van der Waals surface area (Å²) in [6, 6.07) is 4.68. The van der Waals surface area contributed by atoms with E-state index in [1.165, 1.54) is 19.1 Å². The average molecular weight is 351 g/mol. The lowest BCUT2D eigenvalue weighted by atomic mass is 10.2. The lowest BCUT2D eigenvalue weighted by molar-refractivity contribution is -0.123. The van der Waals surface area contributed by atoms with Gasteiger partial charge in [0, 0.05) is 5.69 Å². The van der Waals surface area contributed by atoms with Crippen LogP contribution in [-0.4, -0.2) is 23.9 Å². The summed E-state index contributed by atoms with van der Waals surface area (Å²) < 4.78 is 18.0. The Hall–Kier alpha value is -2.94. The molecule has 0 saturated heterocycles. The summed E-state index contributed by atoms with van der Waals surface area (Å²) >= 11 is 1.11. The third kappa shape index (κ3) is 3.87. The number of carbonyl (C=O) groups excluding carboxylic acids is 3. The van der Waals surface area contributed by atoms with Crippen LogP contribution in [0.5, 0.6) is 0 Å². The molecule has 1 atom stereocenters.